The lowest BCUT2D eigenvalue weighted by molar-refractivity contribution is -0.116. The third-order valence-electron chi connectivity index (χ3n) is 4.80. The lowest BCUT2D eigenvalue weighted by Crippen LogP contribution is -2.43. The topological polar surface area (TPSA) is 35.6 Å². The van der Waals surface area contributed by atoms with E-state index in [1.165, 1.54) is 5.56 Å². The zero-order valence-electron chi connectivity index (χ0n) is 14.0. The van der Waals surface area contributed by atoms with Gasteiger partial charge in [0.15, 0.2) is 0 Å². The zero-order chi connectivity index (χ0) is 16.1. The molecule has 0 radical (unpaired) electrons. The molecule has 1 saturated heterocycles. The van der Waals surface area contributed by atoms with Crippen LogP contribution in [-0.2, 0) is 11.3 Å². The van der Waals surface area contributed by atoms with Gasteiger partial charge in [0.1, 0.15) is 0 Å². The molecule has 2 aliphatic rings. The predicted molar refractivity (Wildman–Crippen MR) is 94.3 cm³/mol. The molecule has 4 nitrogen and oxygen atoms in total. The molecule has 1 aliphatic carbocycles. The quantitative estimate of drug-likeness (QED) is 0.849. The van der Waals surface area contributed by atoms with E-state index in [0.29, 0.717) is 12.3 Å². The molecule has 4 heteroatoms. The molecule has 1 unspecified atom stereocenters. The molecule has 1 N–H and O–H groups in total. The number of likely N-dealkylation sites (N-methyl/N-ethyl adjacent to an activating group) is 1. The van der Waals surface area contributed by atoms with Gasteiger partial charge in [-0.1, -0.05) is 24.3 Å². The summed E-state index contributed by atoms with van der Waals surface area (Å²) < 4.78 is 0. The Bertz CT molecular complexity index is 544. The van der Waals surface area contributed by atoms with Gasteiger partial charge in [-0.05, 0) is 43.5 Å². The number of piperazine rings is 1. The molecule has 23 heavy (non-hydrogen) atoms. The Morgan fingerprint density at radius 3 is 2.57 bits per heavy atom. The highest BCUT2D eigenvalue weighted by Gasteiger charge is 2.15. The first-order valence-corrected chi connectivity index (χ1v) is 8.65. The summed E-state index contributed by atoms with van der Waals surface area (Å²) in [5.41, 5.74) is 2.21. The van der Waals surface area contributed by atoms with E-state index in [4.69, 9.17) is 0 Å². The molecule has 0 bridgehead atoms. The molecule has 0 aromatic heterocycles. The minimum Gasteiger partial charge on any atom is -0.326 e. The zero-order valence-corrected chi connectivity index (χ0v) is 14.0. The third-order valence-corrected chi connectivity index (χ3v) is 4.80. The van der Waals surface area contributed by atoms with Crippen molar-refractivity contribution in [3.05, 3.63) is 42.0 Å². The van der Waals surface area contributed by atoms with Crippen molar-refractivity contribution in [2.45, 2.75) is 25.8 Å². The maximum atomic E-state index is 12.0. The van der Waals surface area contributed by atoms with Gasteiger partial charge in [0.05, 0.1) is 0 Å². The minimum absolute atomic E-state index is 0.119. The molecule has 1 aromatic rings. The fourth-order valence-electron chi connectivity index (χ4n) is 3.27. The molecule has 1 heterocycles. The van der Waals surface area contributed by atoms with Crippen LogP contribution in [-0.4, -0.2) is 48.9 Å². The fourth-order valence-corrected chi connectivity index (χ4v) is 3.27. The Morgan fingerprint density at radius 2 is 1.91 bits per heavy atom. The summed E-state index contributed by atoms with van der Waals surface area (Å²) in [5, 5.41) is 3.01. The molecule has 1 atom stereocenters. The second-order valence-electron chi connectivity index (χ2n) is 6.79. The molecule has 1 amide bonds. The van der Waals surface area contributed by atoms with Gasteiger partial charge in [-0.25, -0.2) is 0 Å². The third kappa shape index (κ3) is 4.91. The van der Waals surface area contributed by atoms with Crippen LogP contribution in [0, 0.1) is 5.92 Å². The first-order chi connectivity index (χ1) is 11.2. The van der Waals surface area contributed by atoms with E-state index in [2.05, 4.69) is 46.4 Å². The number of carbonyl (C=O) groups is 1. The van der Waals surface area contributed by atoms with E-state index in [1.807, 2.05) is 12.1 Å². The van der Waals surface area contributed by atoms with Gasteiger partial charge in [-0.3, -0.25) is 9.69 Å². The van der Waals surface area contributed by atoms with Gasteiger partial charge in [0, 0.05) is 44.8 Å². The maximum absolute atomic E-state index is 12.0. The highest BCUT2D eigenvalue weighted by Crippen LogP contribution is 2.21. The number of allylic oxidation sites excluding steroid dienone is 2. The molecular formula is C19H27N3O. The van der Waals surface area contributed by atoms with Crippen LogP contribution < -0.4 is 5.32 Å². The lowest BCUT2D eigenvalue weighted by Gasteiger charge is -2.32. The van der Waals surface area contributed by atoms with Crippen LogP contribution in [0.1, 0.15) is 24.8 Å². The predicted octanol–water partition coefficient (Wildman–Crippen LogP) is 2.73. The van der Waals surface area contributed by atoms with Crippen LogP contribution in [0.4, 0.5) is 5.69 Å². The first kappa shape index (κ1) is 16.2. The monoisotopic (exact) mass is 313 g/mol. The van der Waals surface area contributed by atoms with E-state index in [-0.39, 0.29) is 5.91 Å². The number of nitrogens with zero attached hydrogens (tertiary/aromatic N) is 2. The minimum atomic E-state index is 0.119. The lowest BCUT2D eigenvalue weighted by atomic mass is 10.0. The summed E-state index contributed by atoms with van der Waals surface area (Å²) in [7, 11) is 2.18. The Hall–Kier alpha value is -1.65. The normalized spacial score (nSPS) is 22.4. The Balaban J connectivity index is 1.46. The average molecular weight is 313 g/mol. The highest BCUT2D eigenvalue weighted by molar-refractivity contribution is 5.91. The number of carbonyl (C=O) groups excluding carboxylic acids is 1. The molecule has 1 aliphatic heterocycles. The Morgan fingerprint density at radius 1 is 1.17 bits per heavy atom. The van der Waals surface area contributed by atoms with Crippen LogP contribution in [0.15, 0.2) is 36.4 Å². The summed E-state index contributed by atoms with van der Waals surface area (Å²) >= 11 is 0. The van der Waals surface area contributed by atoms with E-state index in [9.17, 15) is 4.79 Å². The first-order valence-electron chi connectivity index (χ1n) is 8.65. The summed E-state index contributed by atoms with van der Waals surface area (Å²) in [6, 6.07) is 8.30. The highest BCUT2D eigenvalue weighted by atomic mass is 16.1. The number of nitrogens with one attached hydrogen (secondary N) is 1. The molecule has 1 fully saturated rings. The van der Waals surface area contributed by atoms with Crippen molar-refractivity contribution in [1.82, 2.24) is 9.80 Å². The number of benzene rings is 1. The molecule has 3 rings (SSSR count). The number of anilines is 1. The summed E-state index contributed by atoms with van der Waals surface area (Å²) in [6.07, 6.45) is 7.15. The van der Waals surface area contributed by atoms with Crippen molar-refractivity contribution < 1.29 is 4.79 Å². The van der Waals surface area contributed by atoms with Gasteiger partial charge in [-0.15, -0.1) is 0 Å². The van der Waals surface area contributed by atoms with Gasteiger partial charge in [0.25, 0.3) is 0 Å². The smallest absolute Gasteiger partial charge is 0.224 e. The number of hydrogen-bond donors (Lipinski definition) is 1. The van der Waals surface area contributed by atoms with Gasteiger partial charge in [0.2, 0.25) is 5.91 Å². The van der Waals surface area contributed by atoms with Crippen LogP contribution in [0.2, 0.25) is 0 Å². The van der Waals surface area contributed by atoms with Crippen molar-refractivity contribution in [1.29, 1.82) is 0 Å². The second-order valence-corrected chi connectivity index (χ2v) is 6.79. The van der Waals surface area contributed by atoms with E-state index in [0.717, 1.165) is 51.3 Å². The van der Waals surface area contributed by atoms with E-state index < -0.39 is 0 Å². The van der Waals surface area contributed by atoms with Gasteiger partial charge < -0.3 is 10.2 Å². The van der Waals surface area contributed by atoms with Crippen LogP contribution in [0.5, 0.6) is 0 Å². The summed E-state index contributed by atoms with van der Waals surface area (Å²) in [5.74, 6) is 0.542. The SMILES string of the molecule is CN1CCN(Cc2ccc(NC(=O)CC3C=CCC3)cc2)CC1. The van der Waals surface area contributed by atoms with E-state index >= 15 is 0 Å². The summed E-state index contributed by atoms with van der Waals surface area (Å²) in [4.78, 5) is 16.9. The molecule has 124 valence electrons. The van der Waals surface area contributed by atoms with Crippen molar-refractivity contribution in [3.63, 3.8) is 0 Å². The molecular weight excluding hydrogens is 286 g/mol. The van der Waals surface area contributed by atoms with Crippen molar-refractivity contribution in [2.75, 3.05) is 38.5 Å². The molecule has 0 saturated carbocycles. The van der Waals surface area contributed by atoms with Crippen molar-refractivity contribution in [3.8, 4) is 0 Å². The number of amides is 1. The van der Waals surface area contributed by atoms with Crippen LogP contribution in [0.25, 0.3) is 0 Å². The standard InChI is InChI=1S/C19H27N3O/c1-21-10-12-22(13-11-21)15-17-6-8-18(9-7-17)20-19(23)14-16-4-2-3-5-16/h2,4,6-9,16H,3,5,10-15H2,1H3,(H,20,23). The fraction of sp³-hybridized carbons (Fsp3) is 0.526. The number of hydrogen-bond acceptors (Lipinski definition) is 3. The van der Waals surface area contributed by atoms with Gasteiger partial charge >= 0.3 is 0 Å². The Kier molecular flexibility index (Phi) is 5.47. The molecule has 0 spiro atoms. The van der Waals surface area contributed by atoms with E-state index in [1.54, 1.807) is 0 Å². The van der Waals surface area contributed by atoms with Crippen molar-refractivity contribution in [2.24, 2.45) is 5.92 Å². The maximum Gasteiger partial charge on any atom is 0.224 e. The average Bonchev–Trinajstić information content (AvgIpc) is 3.04. The van der Waals surface area contributed by atoms with Crippen LogP contribution in [0.3, 0.4) is 0 Å². The number of rotatable bonds is 5. The summed E-state index contributed by atoms with van der Waals surface area (Å²) in [6.45, 7) is 5.54. The van der Waals surface area contributed by atoms with Gasteiger partial charge in [-0.2, -0.15) is 0 Å². The van der Waals surface area contributed by atoms with Crippen molar-refractivity contribution >= 4 is 11.6 Å². The second kappa shape index (κ2) is 7.75. The Labute approximate surface area is 139 Å². The largest absolute Gasteiger partial charge is 0.326 e. The van der Waals surface area contributed by atoms with Crippen LogP contribution >= 0.6 is 0 Å². The molecule has 1 aromatic carbocycles.